The van der Waals surface area contributed by atoms with Gasteiger partial charge in [-0.05, 0) is 43.7 Å². The molecule has 1 rings (SSSR count). The second kappa shape index (κ2) is 6.05. The highest BCUT2D eigenvalue weighted by Gasteiger charge is 2.37. The number of hydrogen-bond acceptors (Lipinski definition) is 2. The minimum Gasteiger partial charge on any atom is -0.355 e. The van der Waals surface area contributed by atoms with Crippen molar-refractivity contribution in [3.8, 4) is 0 Å². The number of amides is 1. The zero-order valence-electron chi connectivity index (χ0n) is 12.7. The van der Waals surface area contributed by atoms with E-state index in [-0.39, 0.29) is 16.7 Å². The van der Waals surface area contributed by atoms with Crippen LogP contribution in [0.25, 0.3) is 0 Å². The fraction of sp³-hybridized carbons (Fsp3) is 0.933. The predicted molar refractivity (Wildman–Crippen MR) is 76.5 cm³/mol. The Hall–Kier alpha value is -0.570. The summed E-state index contributed by atoms with van der Waals surface area (Å²) >= 11 is 0. The summed E-state index contributed by atoms with van der Waals surface area (Å²) in [5.74, 6) is 0.764. The fourth-order valence-corrected chi connectivity index (χ4v) is 2.39. The van der Waals surface area contributed by atoms with Crippen molar-refractivity contribution in [2.45, 2.75) is 53.9 Å². The van der Waals surface area contributed by atoms with Gasteiger partial charge in [-0.2, -0.15) is 0 Å². The number of rotatable bonds is 4. The molecule has 2 N–H and O–H groups in total. The maximum atomic E-state index is 12.4. The van der Waals surface area contributed by atoms with Crippen molar-refractivity contribution in [2.75, 3.05) is 19.6 Å². The molecule has 1 amide bonds. The number of carbonyl (C=O) groups is 1. The van der Waals surface area contributed by atoms with E-state index in [0.29, 0.717) is 5.92 Å². The van der Waals surface area contributed by atoms with Gasteiger partial charge in [0.2, 0.25) is 5.91 Å². The van der Waals surface area contributed by atoms with Crippen molar-refractivity contribution in [3.05, 3.63) is 0 Å². The third kappa shape index (κ3) is 3.71. The Bertz CT molecular complexity index is 275. The number of carbonyl (C=O) groups excluding carboxylic acids is 1. The molecule has 0 saturated carbocycles. The van der Waals surface area contributed by atoms with Gasteiger partial charge in [-0.1, -0.05) is 34.6 Å². The molecule has 1 atom stereocenters. The molecule has 0 radical (unpaired) electrons. The summed E-state index contributed by atoms with van der Waals surface area (Å²) in [5.41, 5.74) is 0.129. The highest BCUT2D eigenvalue weighted by Crippen LogP contribution is 2.33. The lowest BCUT2D eigenvalue weighted by atomic mass is 9.75. The van der Waals surface area contributed by atoms with Crippen LogP contribution >= 0.6 is 0 Å². The highest BCUT2D eigenvalue weighted by atomic mass is 16.2. The number of hydrogen-bond donors (Lipinski definition) is 2. The second-order valence-electron chi connectivity index (χ2n) is 6.86. The van der Waals surface area contributed by atoms with E-state index in [0.717, 1.165) is 38.9 Å². The van der Waals surface area contributed by atoms with E-state index in [1.807, 2.05) is 0 Å². The van der Waals surface area contributed by atoms with Crippen LogP contribution in [0.3, 0.4) is 0 Å². The van der Waals surface area contributed by atoms with Crippen LogP contribution in [-0.4, -0.2) is 25.5 Å². The van der Waals surface area contributed by atoms with Crippen LogP contribution in [0.2, 0.25) is 0 Å². The van der Waals surface area contributed by atoms with Crippen molar-refractivity contribution in [1.82, 2.24) is 10.6 Å². The van der Waals surface area contributed by atoms with Crippen LogP contribution in [0.4, 0.5) is 0 Å². The largest absolute Gasteiger partial charge is 0.355 e. The van der Waals surface area contributed by atoms with E-state index in [1.165, 1.54) is 0 Å². The molecule has 1 aliphatic heterocycles. The average molecular weight is 254 g/mol. The SMILES string of the molecule is CCC1(C(=O)NCC(C)C(C)(C)C)CCNCC1. The zero-order valence-corrected chi connectivity index (χ0v) is 12.7. The maximum Gasteiger partial charge on any atom is 0.226 e. The molecule has 3 nitrogen and oxygen atoms in total. The summed E-state index contributed by atoms with van der Waals surface area (Å²) in [4.78, 5) is 12.4. The van der Waals surface area contributed by atoms with E-state index in [9.17, 15) is 4.79 Å². The molecule has 0 spiro atoms. The fourth-order valence-electron chi connectivity index (χ4n) is 2.39. The van der Waals surface area contributed by atoms with Crippen molar-refractivity contribution in [3.63, 3.8) is 0 Å². The molecule has 0 aromatic rings. The van der Waals surface area contributed by atoms with Crippen LogP contribution in [0.15, 0.2) is 0 Å². The van der Waals surface area contributed by atoms with Crippen LogP contribution in [-0.2, 0) is 4.79 Å². The Labute approximate surface area is 112 Å². The normalized spacial score (nSPS) is 21.4. The van der Waals surface area contributed by atoms with Crippen LogP contribution < -0.4 is 10.6 Å². The highest BCUT2D eigenvalue weighted by molar-refractivity contribution is 5.82. The first-order chi connectivity index (χ1) is 8.32. The van der Waals surface area contributed by atoms with Crippen molar-refractivity contribution >= 4 is 5.91 Å². The Kier molecular flexibility index (Phi) is 5.20. The Morgan fingerprint density at radius 2 is 1.89 bits per heavy atom. The molecule has 1 unspecified atom stereocenters. The average Bonchev–Trinajstić information content (AvgIpc) is 2.35. The molecule has 1 heterocycles. The van der Waals surface area contributed by atoms with Gasteiger partial charge in [0.05, 0.1) is 5.41 Å². The Morgan fingerprint density at radius 3 is 2.33 bits per heavy atom. The Morgan fingerprint density at radius 1 is 1.33 bits per heavy atom. The number of nitrogens with one attached hydrogen (secondary N) is 2. The van der Waals surface area contributed by atoms with Crippen LogP contribution in [0, 0.1) is 16.7 Å². The van der Waals surface area contributed by atoms with Crippen molar-refractivity contribution < 1.29 is 4.79 Å². The molecular formula is C15H30N2O. The first-order valence-electron chi connectivity index (χ1n) is 7.31. The van der Waals surface area contributed by atoms with E-state index in [4.69, 9.17) is 0 Å². The lowest BCUT2D eigenvalue weighted by Gasteiger charge is -2.36. The summed E-state index contributed by atoms with van der Waals surface area (Å²) < 4.78 is 0. The van der Waals surface area contributed by atoms with Gasteiger partial charge in [0.1, 0.15) is 0 Å². The van der Waals surface area contributed by atoms with E-state index >= 15 is 0 Å². The lowest BCUT2D eigenvalue weighted by Crippen LogP contribution is -2.48. The topological polar surface area (TPSA) is 41.1 Å². The molecule has 0 aliphatic carbocycles. The quantitative estimate of drug-likeness (QED) is 0.809. The molecule has 0 bridgehead atoms. The summed E-state index contributed by atoms with van der Waals surface area (Å²) in [6.07, 6.45) is 2.89. The van der Waals surface area contributed by atoms with Gasteiger partial charge in [-0.25, -0.2) is 0 Å². The van der Waals surface area contributed by atoms with Gasteiger partial charge in [0.25, 0.3) is 0 Å². The standard InChI is InChI=1S/C15H30N2O/c1-6-15(7-9-16-10-8-15)13(18)17-11-12(2)14(3,4)5/h12,16H,6-11H2,1-5H3,(H,17,18). The third-order valence-electron chi connectivity index (χ3n) is 4.77. The summed E-state index contributed by atoms with van der Waals surface area (Å²) in [5, 5.41) is 6.52. The molecular weight excluding hydrogens is 224 g/mol. The molecule has 1 fully saturated rings. The van der Waals surface area contributed by atoms with Gasteiger partial charge in [0, 0.05) is 6.54 Å². The summed E-state index contributed by atoms with van der Waals surface area (Å²) in [7, 11) is 0. The van der Waals surface area contributed by atoms with Crippen molar-refractivity contribution in [2.24, 2.45) is 16.7 Å². The predicted octanol–water partition coefficient (Wildman–Crippen LogP) is 2.56. The minimum absolute atomic E-state index is 0.122. The third-order valence-corrected chi connectivity index (χ3v) is 4.77. The minimum atomic E-state index is -0.122. The van der Waals surface area contributed by atoms with E-state index in [2.05, 4.69) is 45.3 Å². The second-order valence-corrected chi connectivity index (χ2v) is 6.86. The van der Waals surface area contributed by atoms with Gasteiger partial charge >= 0.3 is 0 Å². The van der Waals surface area contributed by atoms with Gasteiger partial charge in [0.15, 0.2) is 0 Å². The maximum absolute atomic E-state index is 12.4. The lowest BCUT2D eigenvalue weighted by molar-refractivity contribution is -0.133. The zero-order chi connectivity index (χ0) is 13.8. The molecule has 106 valence electrons. The van der Waals surface area contributed by atoms with Gasteiger partial charge < -0.3 is 10.6 Å². The monoisotopic (exact) mass is 254 g/mol. The smallest absolute Gasteiger partial charge is 0.226 e. The van der Waals surface area contributed by atoms with Gasteiger partial charge in [-0.3, -0.25) is 4.79 Å². The van der Waals surface area contributed by atoms with Gasteiger partial charge in [-0.15, -0.1) is 0 Å². The van der Waals surface area contributed by atoms with E-state index in [1.54, 1.807) is 0 Å². The Balaban J connectivity index is 2.53. The first-order valence-corrected chi connectivity index (χ1v) is 7.31. The summed E-state index contributed by atoms with van der Waals surface area (Å²) in [6.45, 7) is 13.8. The first kappa shape index (κ1) is 15.5. The van der Waals surface area contributed by atoms with E-state index < -0.39 is 0 Å². The van der Waals surface area contributed by atoms with Crippen LogP contribution in [0.1, 0.15) is 53.9 Å². The molecule has 0 aromatic carbocycles. The molecule has 18 heavy (non-hydrogen) atoms. The molecule has 3 heteroatoms. The molecule has 1 aliphatic rings. The molecule has 1 saturated heterocycles. The van der Waals surface area contributed by atoms with Crippen molar-refractivity contribution in [1.29, 1.82) is 0 Å². The number of piperidine rings is 1. The van der Waals surface area contributed by atoms with Crippen LogP contribution in [0.5, 0.6) is 0 Å². The summed E-state index contributed by atoms with van der Waals surface area (Å²) in [6, 6.07) is 0. The molecule has 0 aromatic heterocycles.